The van der Waals surface area contributed by atoms with Crippen LogP contribution in [0.1, 0.15) is 39.5 Å². The van der Waals surface area contributed by atoms with Crippen molar-refractivity contribution >= 4 is 0 Å². The van der Waals surface area contributed by atoms with Crippen molar-refractivity contribution in [1.29, 1.82) is 0 Å². The summed E-state index contributed by atoms with van der Waals surface area (Å²) in [4.78, 5) is 2.52. The lowest BCUT2D eigenvalue weighted by Crippen LogP contribution is -2.43. The van der Waals surface area contributed by atoms with Gasteiger partial charge >= 0.3 is 0 Å². The van der Waals surface area contributed by atoms with Crippen LogP contribution >= 0.6 is 0 Å². The van der Waals surface area contributed by atoms with Crippen LogP contribution in [0.4, 0.5) is 0 Å². The second-order valence-electron chi connectivity index (χ2n) is 5.84. The highest BCUT2D eigenvalue weighted by atomic mass is 15.2. The van der Waals surface area contributed by atoms with Gasteiger partial charge in [0.1, 0.15) is 0 Å². The van der Waals surface area contributed by atoms with Gasteiger partial charge in [0.25, 0.3) is 0 Å². The molecule has 0 heterocycles. The monoisotopic (exact) mass is 251 g/mol. The van der Waals surface area contributed by atoms with E-state index in [-0.39, 0.29) is 0 Å². The van der Waals surface area contributed by atoms with E-state index in [4.69, 9.17) is 5.84 Å². The third-order valence-corrected chi connectivity index (χ3v) is 3.90. The van der Waals surface area contributed by atoms with Gasteiger partial charge in [-0.05, 0) is 44.2 Å². The minimum absolute atomic E-state index is 0.566. The highest BCUT2D eigenvalue weighted by molar-refractivity contribution is 5.11. The van der Waals surface area contributed by atoms with Gasteiger partial charge in [-0.3, -0.25) is 11.3 Å². The molecule has 1 aliphatic carbocycles. The second kappa shape index (κ2) is 7.75. The zero-order valence-electron chi connectivity index (χ0n) is 12.2. The molecule has 0 bridgehead atoms. The van der Waals surface area contributed by atoms with Crippen LogP contribution in [-0.4, -0.2) is 31.1 Å². The van der Waals surface area contributed by atoms with E-state index in [0.717, 1.165) is 25.9 Å². The first-order valence-electron chi connectivity index (χ1n) is 7.12. The van der Waals surface area contributed by atoms with Crippen LogP contribution in [0.15, 0.2) is 17.9 Å². The van der Waals surface area contributed by atoms with Gasteiger partial charge in [-0.25, -0.2) is 0 Å². The Morgan fingerprint density at radius 1 is 1.56 bits per heavy atom. The number of rotatable bonds is 6. The van der Waals surface area contributed by atoms with Gasteiger partial charge in [-0.2, -0.15) is 0 Å². The average Bonchev–Trinajstić information content (AvgIpc) is 2.34. The first kappa shape index (κ1) is 15.5. The lowest BCUT2D eigenvalue weighted by molar-refractivity contribution is 0.141. The summed E-state index contributed by atoms with van der Waals surface area (Å²) < 4.78 is 0. The van der Waals surface area contributed by atoms with Crippen molar-refractivity contribution in [2.75, 3.05) is 20.1 Å². The fourth-order valence-corrected chi connectivity index (χ4v) is 3.18. The molecular weight excluding hydrogens is 222 g/mol. The predicted octanol–water partition coefficient (Wildman–Crippen LogP) is 2.31. The number of hydrogen-bond donors (Lipinski definition) is 2. The molecule has 2 atom stereocenters. The maximum Gasteiger partial charge on any atom is 0.0164 e. The summed E-state index contributed by atoms with van der Waals surface area (Å²) in [5.74, 6) is 6.70. The number of hydrazine groups is 1. The van der Waals surface area contributed by atoms with Gasteiger partial charge in [0, 0.05) is 25.0 Å². The molecule has 0 saturated heterocycles. The summed E-state index contributed by atoms with van der Waals surface area (Å²) in [6, 6.07) is 0.624. The molecule has 1 saturated carbocycles. The Labute approximate surface area is 112 Å². The SMILES string of the molecule is C=C=C1CCC[C@@H](N(C)CC(C)C)[C@H]1CCNN. The molecule has 1 fully saturated rings. The Morgan fingerprint density at radius 2 is 2.28 bits per heavy atom. The summed E-state index contributed by atoms with van der Waals surface area (Å²) in [6.45, 7) is 10.4. The summed E-state index contributed by atoms with van der Waals surface area (Å²) in [5, 5.41) is 0. The van der Waals surface area contributed by atoms with Crippen molar-refractivity contribution < 1.29 is 0 Å². The average molecular weight is 251 g/mol. The summed E-state index contributed by atoms with van der Waals surface area (Å²) in [6.07, 6.45) is 4.79. The molecule has 0 aromatic heterocycles. The molecule has 3 N–H and O–H groups in total. The van der Waals surface area contributed by atoms with E-state index >= 15 is 0 Å². The fourth-order valence-electron chi connectivity index (χ4n) is 3.18. The maximum atomic E-state index is 5.43. The van der Waals surface area contributed by atoms with Crippen molar-refractivity contribution in [1.82, 2.24) is 10.3 Å². The van der Waals surface area contributed by atoms with Gasteiger partial charge in [-0.1, -0.05) is 20.4 Å². The van der Waals surface area contributed by atoms with Crippen LogP contribution in [0.2, 0.25) is 0 Å². The molecular formula is C15H29N3. The molecule has 3 heteroatoms. The lowest BCUT2D eigenvalue weighted by Gasteiger charge is -2.39. The summed E-state index contributed by atoms with van der Waals surface area (Å²) >= 11 is 0. The van der Waals surface area contributed by atoms with Crippen molar-refractivity contribution in [3.63, 3.8) is 0 Å². The molecule has 18 heavy (non-hydrogen) atoms. The van der Waals surface area contributed by atoms with E-state index in [1.807, 2.05) is 0 Å². The Morgan fingerprint density at radius 3 is 2.83 bits per heavy atom. The largest absolute Gasteiger partial charge is 0.303 e. The minimum atomic E-state index is 0.566. The number of nitrogens with two attached hydrogens (primary N) is 1. The Kier molecular flexibility index (Phi) is 6.66. The van der Waals surface area contributed by atoms with Crippen LogP contribution in [0.5, 0.6) is 0 Å². The number of nitrogens with zero attached hydrogens (tertiary/aromatic N) is 1. The van der Waals surface area contributed by atoms with Crippen LogP contribution in [0.25, 0.3) is 0 Å². The van der Waals surface area contributed by atoms with Crippen LogP contribution < -0.4 is 11.3 Å². The molecule has 3 nitrogen and oxygen atoms in total. The normalized spacial score (nSPS) is 24.7. The molecule has 0 radical (unpaired) electrons. The van der Waals surface area contributed by atoms with E-state index in [1.165, 1.54) is 18.4 Å². The molecule has 0 aromatic carbocycles. The Hall–Kier alpha value is -0.600. The van der Waals surface area contributed by atoms with Crippen molar-refractivity contribution in [2.24, 2.45) is 17.7 Å². The van der Waals surface area contributed by atoms with Crippen LogP contribution in [-0.2, 0) is 0 Å². The van der Waals surface area contributed by atoms with Gasteiger partial charge in [-0.15, -0.1) is 5.73 Å². The molecule has 0 aliphatic heterocycles. The Balaban J connectivity index is 2.74. The van der Waals surface area contributed by atoms with E-state index < -0.39 is 0 Å². The van der Waals surface area contributed by atoms with Crippen molar-refractivity contribution in [2.45, 2.75) is 45.6 Å². The number of nitrogens with one attached hydrogen (secondary N) is 1. The van der Waals surface area contributed by atoms with Gasteiger partial charge in [0.2, 0.25) is 0 Å². The fraction of sp³-hybridized carbons (Fsp3) is 0.800. The van der Waals surface area contributed by atoms with E-state index in [0.29, 0.717) is 17.9 Å². The highest BCUT2D eigenvalue weighted by Crippen LogP contribution is 2.34. The smallest absolute Gasteiger partial charge is 0.0164 e. The first-order valence-corrected chi connectivity index (χ1v) is 7.12. The Bertz CT molecular complexity index is 292. The van der Waals surface area contributed by atoms with E-state index in [2.05, 4.69) is 43.5 Å². The third-order valence-electron chi connectivity index (χ3n) is 3.90. The lowest BCUT2D eigenvalue weighted by atomic mass is 9.78. The van der Waals surface area contributed by atoms with Crippen LogP contribution in [0, 0.1) is 11.8 Å². The molecule has 0 spiro atoms. The molecule has 1 aliphatic rings. The van der Waals surface area contributed by atoms with Crippen molar-refractivity contribution in [3.8, 4) is 0 Å². The van der Waals surface area contributed by atoms with Crippen molar-refractivity contribution in [3.05, 3.63) is 17.9 Å². The molecule has 0 amide bonds. The van der Waals surface area contributed by atoms with Gasteiger partial charge in [0.05, 0.1) is 0 Å². The standard InChI is InChI=1S/C15H29N3/c1-5-13-7-6-8-15(14(13)9-10-17-16)18(4)11-12(2)3/h12,14-15,17H,1,6-11,16H2,2-4H3/t14-,15+/m0/s1. The maximum absolute atomic E-state index is 5.43. The second-order valence-corrected chi connectivity index (χ2v) is 5.84. The van der Waals surface area contributed by atoms with Crippen LogP contribution in [0.3, 0.4) is 0 Å². The zero-order valence-corrected chi connectivity index (χ0v) is 12.2. The minimum Gasteiger partial charge on any atom is -0.303 e. The van der Waals surface area contributed by atoms with E-state index in [1.54, 1.807) is 0 Å². The van der Waals surface area contributed by atoms with Gasteiger partial charge < -0.3 is 4.90 Å². The number of hydrogen-bond acceptors (Lipinski definition) is 3. The molecule has 0 aromatic rings. The quantitative estimate of drug-likeness (QED) is 0.432. The zero-order chi connectivity index (χ0) is 13.5. The summed E-state index contributed by atoms with van der Waals surface area (Å²) in [7, 11) is 2.25. The molecule has 1 rings (SSSR count). The highest BCUT2D eigenvalue weighted by Gasteiger charge is 2.31. The first-order chi connectivity index (χ1) is 8.60. The van der Waals surface area contributed by atoms with E-state index in [9.17, 15) is 0 Å². The molecule has 104 valence electrons. The third kappa shape index (κ3) is 4.25. The molecule has 0 unspecified atom stereocenters. The predicted molar refractivity (Wildman–Crippen MR) is 78.1 cm³/mol. The topological polar surface area (TPSA) is 41.3 Å². The van der Waals surface area contributed by atoms with Gasteiger partial charge in [0.15, 0.2) is 0 Å². The summed E-state index contributed by atoms with van der Waals surface area (Å²) in [5.41, 5.74) is 7.35.